The van der Waals surface area contributed by atoms with Crippen LogP contribution in [-0.4, -0.2) is 11.2 Å². The third-order valence-electron chi connectivity index (χ3n) is 4.62. The van der Waals surface area contributed by atoms with Gasteiger partial charge in [-0.3, -0.25) is 4.99 Å². The van der Waals surface area contributed by atoms with E-state index in [2.05, 4.69) is 99.7 Å². The molecule has 2 atom stereocenters. The van der Waals surface area contributed by atoms with E-state index < -0.39 is 0 Å². The van der Waals surface area contributed by atoms with E-state index in [1.54, 1.807) is 0 Å². The van der Waals surface area contributed by atoms with Gasteiger partial charge in [0.1, 0.15) is 6.04 Å². The van der Waals surface area contributed by atoms with Crippen LogP contribution in [-0.2, 0) is 6.54 Å². The van der Waals surface area contributed by atoms with Crippen molar-refractivity contribution in [3.8, 4) is 0 Å². The minimum absolute atomic E-state index is 0.117. The van der Waals surface area contributed by atoms with Crippen LogP contribution in [0.15, 0.2) is 94.4 Å². The molecule has 0 N–H and O–H groups in total. The predicted octanol–water partition coefficient (Wildman–Crippen LogP) is 5.78. The number of rotatable bonds is 4. The lowest BCUT2D eigenvalue weighted by Crippen LogP contribution is -2.25. The fourth-order valence-electron chi connectivity index (χ4n) is 3.40. The molecule has 0 spiro atoms. The van der Waals surface area contributed by atoms with Crippen molar-refractivity contribution in [2.45, 2.75) is 18.6 Å². The summed E-state index contributed by atoms with van der Waals surface area (Å²) in [5, 5.41) is 0. The monoisotopic (exact) mass is 390 g/mol. The second-order valence-electron chi connectivity index (χ2n) is 6.24. The molecule has 0 aliphatic carbocycles. The van der Waals surface area contributed by atoms with Crippen molar-refractivity contribution in [2.24, 2.45) is 4.99 Å². The van der Waals surface area contributed by atoms with E-state index in [4.69, 9.17) is 4.99 Å². The summed E-state index contributed by atoms with van der Waals surface area (Å²) in [6.45, 7) is 0.827. The number of halogens is 1. The Bertz CT molecular complexity index is 861. The molecular weight excluding hydrogens is 372 g/mol. The first-order valence-electron chi connectivity index (χ1n) is 8.45. The van der Waals surface area contributed by atoms with E-state index in [1.165, 1.54) is 16.7 Å². The van der Waals surface area contributed by atoms with Gasteiger partial charge in [0.2, 0.25) is 0 Å². The summed E-state index contributed by atoms with van der Waals surface area (Å²) in [6, 6.07) is 29.9. The zero-order chi connectivity index (χ0) is 17.1. The van der Waals surface area contributed by atoms with Gasteiger partial charge in [-0.15, -0.1) is 0 Å². The van der Waals surface area contributed by atoms with Crippen LogP contribution in [0.5, 0.6) is 0 Å². The molecule has 0 fully saturated rings. The molecule has 124 valence electrons. The molecule has 0 unspecified atom stereocenters. The molecule has 3 aromatic rings. The molecule has 0 bridgehead atoms. The van der Waals surface area contributed by atoms with Gasteiger partial charge in [0, 0.05) is 11.0 Å². The molecule has 0 saturated carbocycles. The molecule has 0 saturated heterocycles. The van der Waals surface area contributed by atoms with Crippen molar-refractivity contribution in [1.82, 2.24) is 4.90 Å². The normalized spacial score (nSPS) is 19.3. The summed E-state index contributed by atoms with van der Waals surface area (Å²) in [6.07, 6.45) is 2.01. The van der Waals surface area contributed by atoms with Crippen LogP contribution in [0.25, 0.3) is 0 Å². The van der Waals surface area contributed by atoms with E-state index in [-0.39, 0.29) is 12.1 Å². The summed E-state index contributed by atoms with van der Waals surface area (Å²) < 4.78 is 1.14. The van der Waals surface area contributed by atoms with Crippen molar-refractivity contribution in [2.75, 3.05) is 0 Å². The number of hydrogen-bond acceptors (Lipinski definition) is 2. The summed E-state index contributed by atoms with van der Waals surface area (Å²) in [5.74, 6) is 0. The van der Waals surface area contributed by atoms with Gasteiger partial charge < -0.3 is 4.90 Å². The molecule has 4 rings (SSSR count). The molecule has 1 aliphatic rings. The van der Waals surface area contributed by atoms with Crippen LogP contribution >= 0.6 is 15.9 Å². The van der Waals surface area contributed by atoms with Gasteiger partial charge in [-0.05, 0) is 22.8 Å². The molecule has 1 heterocycles. The van der Waals surface area contributed by atoms with Gasteiger partial charge in [0.15, 0.2) is 0 Å². The smallest absolute Gasteiger partial charge is 0.101 e. The number of hydrogen-bond donors (Lipinski definition) is 0. The Morgan fingerprint density at radius 3 is 2.04 bits per heavy atom. The SMILES string of the molecule is Brc1ccccc1CN1C=N[C@@H](c2ccccc2)[C@H]1c1ccccc1. The predicted molar refractivity (Wildman–Crippen MR) is 107 cm³/mol. The summed E-state index contributed by atoms with van der Waals surface area (Å²) >= 11 is 3.67. The quantitative estimate of drug-likeness (QED) is 0.551. The number of benzene rings is 3. The average Bonchev–Trinajstić information content (AvgIpc) is 3.09. The standard InChI is InChI=1S/C22H19BrN2/c23-20-14-8-7-13-19(20)15-25-16-24-21(17-9-3-1-4-10-17)22(25)18-11-5-2-6-12-18/h1-14,16,21-22H,15H2/t21-,22+/m0/s1. The third kappa shape index (κ3) is 3.38. The average molecular weight is 391 g/mol. The van der Waals surface area contributed by atoms with Gasteiger partial charge in [-0.2, -0.15) is 0 Å². The van der Waals surface area contributed by atoms with Gasteiger partial charge in [-0.25, -0.2) is 0 Å². The third-order valence-corrected chi connectivity index (χ3v) is 5.40. The van der Waals surface area contributed by atoms with Crippen LogP contribution in [0.3, 0.4) is 0 Å². The Hall–Kier alpha value is -2.39. The Morgan fingerprint density at radius 1 is 0.760 bits per heavy atom. The first-order chi connectivity index (χ1) is 12.3. The van der Waals surface area contributed by atoms with E-state index >= 15 is 0 Å². The molecule has 0 aromatic heterocycles. The first kappa shape index (κ1) is 16.1. The molecule has 3 heteroatoms. The van der Waals surface area contributed by atoms with Gasteiger partial charge in [0.05, 0.1) is 12.4 Å². The second-order valence-corrected chi connectivity index (χ2v) is 7.09. The summed E-state index contributed by atoms with van der Waals surface area (Å²) in [7, 11) is 0. The summed E-state index contributed by atoms with van der Waals surface area (Å²) in [5.41, 5.74) is 3.81. The highest BCUT2D eigenvalue weighted by Gasteiger charge is 2.33. The van der Waals surface area contributed by atoms with Gasteiger partial charge in [0.25, 0.3) is 0 Å². The maximum Gasteiger partial charge on any atom is 0.101 e. The van der Waals surface area contributed by atoms with Crippen LogP contribution in [0, 0.1) is 0 Å². The lowest BCUT2D eigenvalue weighted by Gasteiger charge is -2.29. The van der Waals surface area contributed by atoms with Crippen molar-refractivity contribution in [3.63, 3.8) is 0 Å². The van der Waals surface area contributed by atoms with Crippen LogP contribution in [0.2, 0.25) is 0 Å². The molecule has 1 aliphatic heterocycles. The van der Waals surface area contributed by atoms with Crippen molar-refractivity contribution < 1.29 is 0 Å². The van der Waals surface area contributed by atoms with Crippen LogP contribution in [0.1, 0.15) is 28.8 Å². The van der Waals surface area contributed by atoms with E-state index in [0.717, 1.165) is 11.0 Å². The van der Waals surface area contributed by atoms with Gasteiger partial charge >= 0.3 is 0 Å². The van der Waals surface area contributed by atoms with E-state index in [0.29, 0.717) is 0 Å². The Kier molecular flexibility index (Phi) is 4.66. The minimum atomic E-state index is 0.117. The van der Waals surface area contributed by atoms with Gasteiger partial charge in [-0.1, -0.05) is 94.8 Å². The topological polar surface area (TPSA) is 15.6 Å². The highest BCUT2D eigenvalue weighted by Crippen LogP contribution is 2.41. The maximum absolute atomic E-state index is 4.86. The minimum Gasteiger partial charge on any atom is -0.349 e. The lowest BCUT2D eigenvalue weighted by molar-refractivity contribution is 0.310. The highest BCUT2D eigenvalue weighted by molar-refractivity contribution is 9.10. The number of aliphatic imine (C=N–C) groups is 1. The molecule has 2 nitrogen and oxygen atoms in total. The Balaban J connectivity index is 1.69. The number of nitrogens with zero attached hydrogens (tertiary/aromatic N) is 2. The van der Waals surface area contributed by atoms with Crippen LogP contribution in [0.4, 0.5) is 0 Å². The zero-order valence-corrected chi connectivity index (χ0v) is 15.4. The Labute approximate surface area is 157 Å². The molecule has 3 aromatic carbocycles. The molecule has 0 radical (unpaired) electrons. The maximum atomic E-state index is 4.86. The fourth-order valence-corrected chi connectivity index (χ4v) is 3.81. The fraction of sp³-hybridized carbons (Fsp3) is 0.136. The van der Waals surface area contributed by atoms with E-state index in [9.17, 15) is 0 Å². The molecular formula is C22H19BrN2. The molecule has 0 amide bonds. The van der Waals surface area contributed by atoms with Crippen LogP contribution < -0.4 is 0 Å². The van der Waals surface area contributed by atoms with Crippen molar-refractivity contribution in [3.05, 3.63) is 106 Å². The largest absolute Gasteiger partial charge is 0.349 e. The van der Waals surface area contributed by atoms with E-state index in [1.807, 2.05) is 12.4 Å². The van der Waals surface area contributed by atoms with Crippen molar-refractivity contribution >= 4 is 22.3 Å². The highest BCUT2D eigenvalue weighted by atomic mass is 79.9. The first-order valence-corrected chi connectivity index (χ1v) is 9.24. The molecule has 25 heavy (non-hydrogen) atoms. The second kappa shape index (κ2) is 7.24. The Morgan fingerprint density at radius 2 is 1.36 bits per heavy atom. The summed E-state index contributed by atoms with van der Waals surface area (Å²) in [4.78, 5) is 7.20. The lowest BCUT2D eigenvalue weighted by atomic mass is 9.93. The van der Waals surface area contributed by atoms with Crippen molar-refractivity contribution in [1.29, 1.82) is 0 Å². The zero-order valence-electron chi connectivity index (χ0n) is 13.8.